The molecule has 0 aromatic rings. The van der Waals surface area contributed by atoms with Crippen molar-refractivity contribution in [2.45, 2.75) is 0 Å². The van der Waals surface area contributed by atoms with Crippen LogP contribution in [-0.2, 0) is 0 Å². The molecule has 0 spiro atoms. The van der Waals surface area contributed by atoms with E-state index >= 15 is 0 Å². The molecule has 0 heterocycles. The Morgan fingerprint density at radius 1 is 1.00 bits per heavy atom. The molecule has 0 rings (SSSR count). The van der Waals surface area contributed by atoms with Gasteiger partial charge in [-0.15, -0.1) is 0 Å². The molecule has 78 valence electrons. The Labute approximate surface area is 91.6 Å². The summed E-state index contributed by atoms with van der Waals surface area (Å²) in [6, 6.07) is 0. The first kappa shape index (κ1) is 16.5. The summed E-state index contributed by atoms with van der Waals surface area (Å²) in [5.41, 5.74) is 4.97. The minimum atomic E-state index is -5.42. The average Bonchev–Trinajstić information content (AvgIpc) is 1.56. The molecule has 12 heavy (non-hydrogen) atoms. The monoisotopic (exact) mass is 404 g/mol. The fraction of sp³-hybridized carbons (Fsp3) is 0.667. The molecule has 0 bridgehead atoms. The van der Waals surface area contributed by atoms with Crippen LogP contribution in [-0.4, -0.2) is 34.1 Å². The summed E-state index contributed by atoms with van der Waals surface area (Å²) < 4.78 is 1.78. The molecule has 0 saturated carbocycles. The predicted molar refractivity (Wildman–Crippen MR) is 63.2 cm³/mol. The minimum absolute atomic E-state index is 1.50. The van der Waals surface area contributed by atoms with Gasteiger partial charge in [0.15, 0.2) is 0 Å². The molecule has 0 aliphatic rings. The van der Waals surface area contributed by atoms with Gasteiger partial charge in [0, 0.05) is 0 Å². The zero-order chi connectivity index (χ0) is 10.7. The molecule has 0 unspecified atom stereocenters. The standard InChI is InChI=1S/C3H8N2.6ClH.Sb/c1-5(2)3-4;;;;;;;/h3-4H,1-2H3;6*1H;/q;;;;;;;+5/p-5. The van der Waals surface area contributed by atoms with Gasteiger partial charge in [0.25, 0.3) is 0 Å². The van der Waals surface area contributed by atoms with E-state index in [4.69, 9.17) is 58.7 Å². The van der Waals surface area contributed by atoms with Gasteiger partial charge in [0.1, 0.15) is 0 Å². The van der Waals surface area contributed by atoms with Gasteiger partial charge in [-0.3, -0.25) is 10.3 Å². The Hall–Kier alpha value is 2.03. The van der Waals surface area contributed by atoms with E-state index in [1.807, 2.05) is 14.1 Å². The van der Waals surface area contributed by atoms with Gasteiger partial charge in [-0.05, 0) is 0 Å². The summed E-state index contributed by atoms with van der Waals surface area (Å²) in [7, 11) is 28.7. The van der Waals surface area contributed by atoms with Crippen molar-refractivity contribution < 1.29 is 4.58 Å². The second-order valence-electron chi connectivity index (χ2n) is 2.07. The van der Waals surface area contributed by atoms with Crippen LogP contribution in [0.5, 0.6) is 0 Å². The van der Waals surface area contributed by atoms with Gasteiger partial charge < -0.3 is 0 Å². The fourth-order valence-electron chi connectivity index (χ4n) is 0. The third-order valence-corrected chi connectivity index (χ3v) is 0.298. The third kappa shape index (κ3) is 90.2. The quantitative estimate of drug-likeness (QED) is 0.284. The Morgan fingerprint density at radius 3 is 1.08 bits per heavy atom. The molecule has 0 aromatic carbocycles. The Balaban J connectivity index is 0. The zero-order valence-electron chi connectivity index (χ0n) is 6.32. The van der Waals surface area contributed by atoms with Crippen LogP contribution in [0.25, 0.3) is 0 Å². The molecule has 9 heteroatoms. The number of hydrogen-bond donors (Lipinski definition) is 1. The van der Waals surface area contributed by atoms with Gasteiger partial charge >= 0.3 is 62.1 Å². The Morgan fingerprint density at radius 2 is 1.08 bits per heavy atom. The first-order chi connectivity index (χ1) is 4.72. The molecular weight excluding hydrogens is 399 g/mol. The molecule has 0 radical (unpaired) electrons. The van der Waals surface area contributed by atoms with Gasteiger partial charge in [-0.2, -0.15) is 0 Å². The number of halogens is 6. The maximum absolute atomic E-state index is 5.42. The summed E-state index contributed by atoms with van der Waals surface area (Å²) in [6.45, 7) is 0. The molecule has 2 nitrogen and oxygen atoms in total. The SMILES string of the molecule is C[N+](C)=CN.[Cl][Sb-]([Cl])([Cl])([Cl])([Cl])[Cl]. The zero-order valence-corrected chi connectivity index (χ0v) is 13.4. The molecule has 0 aliphatic carbocycles. The van der Waals surface area contributed by atoms with Crippen molar-refractivity contribution in [3.05, 3.63) is 0 Å². The van der Waals surface area contributed by atoms with Gasteiger partial charge in [-0.1, -0.05) is 0 Å². The molecule has 0 atom stereocenters. The predicted octanol–water partition coefficient (Wildman–Crippen LogP) is 3.00. The fourth-order valence-corrected chi connectivity index (χ4v) is 0. The second kappa shape index (κ2) is 4.26. The van der Waals surface area contributed by atoms with Crippen LogP contribution >= 0.6 is 53.0 Å². The van der Waals surface area contributed by atoms with Gasteiger partial charge in [-0.25, -0.2) is 0 Å². The van der Waals surface area contributed by atoms with Crippen LogP contribution in [0.3, 0.4) is 0 Å². The van der Waals surface area contributed by atoms with Crippen molar-refractivity contribution in [3.63, 3.8) is 0 Å². The van der Waals surface area contributed by atoms with E-state index in [0.717, 1.165) is 0 Å². The maximum atomic E-state index is 5.06. The summed E-state index contributed by atoms with van der Waals surface area (Å²) >= 11 is 0. The first-order valence-electron chi connectivity index (χ1n) is 2.50. The van der Waals surface area contributed by atoms with Crippen molar-refractivity contribution in [1.29, 1.82) is 0 Å². The van der Waals surface area contributed by atoms with E-state index in [9.17, 15) is 0 Å². The number of nitrogens with two attached hydrogens (primary N) is 1. The molecule has 0 aliphatic heterocycles. The molecule has 0 amide bonds. The second-order valence-corrected chi connectivity index (χ2v) is 59.0. The van der Waals surface area contributed by atoms with E-state index in [2.05, 4.69) is 0 Å². The molecule has 0 saturated heterocycles. The summed E-state index contributed by atoms with van der Waals surface area (Å²) in [4.78, 5) is 0. The number of nitrogens with zero attached hydrogens (tertiary/aromatic N) is 1. The third-order valence-electron chi connectivity index (χ3n) is 0.298. The van der Waals surface area contributed by atoms with Crippen LogP contribution in [0.2, 0.25) is 0 Å². The van der Waals surface area contributed by atoms with Crippen LogP contribution in [0.1, 0.15) is 0 Å². The molecule has 0 fully saturated rings. The van der Waals surface area contributed by atoms with E-state index < -0.39 is 9.14 Å². The van der Waals surface area contributed by atoms with Crippen LogP contribution in [0.15, 0.2) is 0 Å². The van der Waals surface area contributed by atoms with E-state index in [1.165, 1.54) is 6.34 Å². The van der Waals surface area contributed by atoms with Crippen molar-refractivity contribution in [2.24, 2.45) is 5.73 Å². The topological polar surface area (TPSA) is 29.0 Å². The summed E-state index contributed by atoms with van der Waals surface area (Å²) in [5.74, 6) is 0. The van der Waals surface area contributed by atoms with Crippen LogP contribution in [0, 0.1) is 0 Å². The Kier molecular flexibility index (Phi) is 5.85. The number of hydrogen-bond acceptors (Lipinski definition) is 0. The average molecular weight is 408 g/mol. The van der Waals surface area contributed by atoms with E-state index in [1.54, 1.807) is 4.58 Å². The van der Waals surface area contributed by atoms with E-state index in [0.29, 0.717) is 0 Å². The van der Waals surface area contributed by atoms with Gasteiger partial charge in [0.2, 0.25) is 6.34 Å². The van der Waals surface area contributed by atoms with Crippen molar-refractivity contribution in [2.75, 3.05) is 14.1 Å². The van der Waals surface area contributed by atoms with Crippen molar-refractivity contribution >= 4 is 68.5 Å². The number of rotatable bonds is 0. The van der Waals surface area contributed by atoms with Crippen LogP contribution < -0.4 is 5.73 Å². The van der Waals surface area contributed by atoms with Crippen LogP contribution in [0.4, 0.5) is 0 Å². The first-order valence-corrected chi connectivity index (χ1v) is 21.9. The van der Waals surface area contributed by atoms with E-state index in [-0.39, 0.29) is 0 Å². The molecule has 0 aromatic heterocycles. The Bertz CT molecular complexity index is 160. The molecular formula is C3H9Cl6N2Sb. The molecule has 2 N–H and O–H groups in total. The van der Waals surface area contributed by atoms with Crippen molar-refractivity contribution in [1.82, 2.24) is 0 Å². The summed E-state index contributed by atoms with van der Waals surface area (Å²) in [6.07, 6.45) is 1.50. The van der Waals surface area contributed by atoms with Crippen molar-refractivity contribution in [3.8, 4) is 0 Å². The summed E-state index contributed by atoms with van der Waals surface area (Å²) in [5, 5.41) is 0. The normalized spacial score (nSPS) is 16.3. The van der Waals surface area contributed by atoms with Gasteiger partial charge in [0.05, 0.1) is 14.1 Å².